The monoisotopic (exact) mass is 616 g/mol. The summed E-state index contributed by atoms with van der Waals surface area (Å²) in [5, 5.41) is 3.36. The lowest BCUT2D eigenvalue weighted by atomic mass is 10.1. The Bertz CT molecular complexity index is 1690. The number of carbonyl (C=O) groups excluding carboxylic acids is 1. The zero-order valence-corrected chi connectivity index (χ0v) is 25.8. The molecule has 0 aliphatic carbocycles. The van der Waals surface area contributed by atoms with E-state index in [2.05, 4.69) is 20.0 Å². The lowest BCUT2D eigenvalue weighted by molar-refractivity contribution is 0.0206. The van der Waals surface area contributed by atoms with Gasteiger partial charge in [-0.15, -0.1) is 0 Å². The first-order chi connectivity index (χ1) is 21.0. The van der Waals surface area contributed by atoms with E-state index >= 15 is 0 Å². The SMILES string of the molecule is CC(C)(C)OC(=O)N1CCC[C@H](Nc2nccc(-c3cccnc3Oc3cccc(NS(=O)(=O)Cc4ccccc4)c3)n2)C1. The predicted octanol–water partition coefficient (Wildman–Crippen LogP) is 6.08. The van der Waals surface area contributed by atoms with E-state index in [1.165, 1.54) is 0 Å². The Morgan fingerprint density at radius 1 is 1.00 bits per heavy atom. The molecule has 12 heteroatoms. The summed E-state index contributed by atoms with van der Waals surface area (Å²) in [6, 6.07) is 21.0. The lowest BCUT2D eigenvalue weighted by Gasteiger charge is -2.34. The molecule has 2 N–H and O–H groups in total. The molecule has 3 heterocycles. The number of hydrogen-bond donors (Lipinski definition) is 2. The largest absolute Gasteiger partial charge is 0.444 e. The fourth-order valence-corrected chi connectivity index (χ4v) is 5.95. The fourth-order valence-electron chi connectivity index (χ4n) is 4.76. The van der Waals surface area contributed by atoms with E-state index in [4.69, 9.17) is 14.5 Å². The molecule has 0 spiro atoms. The highest BCUT2D eigenvalue weighted by atomic mass is 32.2. The van der Waals surface area contributed by atoms with Gasteiger partial charge in [-0.3, -0.25) is 4.72 Å². The molecule has 44 heavy (non-hydrogen) atoms. The van der Waals surface area contributed by atoms with Gasteiger partial charge < -0.3 is 19.7 Å². The number of pyridine rings is 1. The molecule has 1 amide bonds. The van der Waals surface area contributed by atoms with Gasteiger partial charge in [-0.25, -0.2) is 28.2 Å². The molecule has 1 aliphatic heterocycles. The van der Waals surface area contributed by atoms with Gasteiger partial charge in [-0.2, -0.15) is 0 Å². The molecule has 1 atom stereocenters. The number of rotatable bonds is 9. The van der Waals surface area contributed by atoms with Crippen LogP contribution in [0, 0.1) is 0 Å². The highest BCUT2D eigenvalue weighted by Crippen LogP contribution is 2.32. The maximum absolute atomic E-state index is 12.7. The topological polar surface area (TPSA) is 136 Å². The van der Waals surface area contributed by atoms with Crippen molar-refractivity contribution in [3.05, 3.63) is 90.8 Å². The maximum Gasteiger partial charge on any atom is 0.410 e. The minimum atomic E-state index is -3.64. The molecule has 11 nitrogen and oxygen atoms in total. The number of carbonyl (C=O) groups is 1. The molecule has 1 aliphatic rings. The van der Waals surface area contributed by atoms with E-state index in [-0.39, 0.29) is 17.9 Å². The van der Waals surface area contributed by atoms with E-state index in [1.54, 1.807) is 78.0 Å². The van der Waals surface area contributed by atoms with Gasteiger partial charge in [-0.05, 0) is 69.5 Å². The second-order valence-corrected chi connectivity index (χ2v) is 13.2. The molecule has 0 bridgehead atoms. The number of sulfonamides is 1. The number of aromatic nitrogens is 3. The third-order valence-electron chi connectivity index (χ3n) is 6.63. The Morgan fingerprint density at radius 2 is 1.82 bits per heavy atom. The van der Waals surface area contributed by atoms with Crippen molar-refractivity contribution in [1.82, 2.24) is 19.9 Å². The third kappa shape index (κ3) is 8.66. The van der Waals surface area contributed by atoms with Crippen LogP contribution in [0.3, 0.4) is 0 Å². The summed E-state index contributed by atoms with van der Waals surface area (Å²) in [4.78, 5) is 27.8. The summed E-state index contributed by atoms with van der Waals surface area (Å²) in [5.74, 6) is 0.980. The van der Waals surface area contributed by atoms with Gasteiger partial charge >= 0.3 is 6.09 Å². The van der Waals surface area contributed by atoms with Gasteiger partial charge in [0.15, 0.2) is 0 Å². The number of nitrogens with one attached hydrogen (secondary N) is 2. The van der Waals surface area contributed by atoms with E-state index in [9.17, 15) is 13.2 Å². The minimum absolute atomic E-state index is 0.0375. The van der Waals surface area contributed by atoms with Crippen molar-refractivity contribution in [1.29, 1.82) is 0 Å². The van der Waals surface area contributed by atoms with Crippen LogP contribution in [0.2, 0.25) is 0 Å². The van der Waals surface area contributed by atoms with Crippen LogP contribution in [-0.4, -0.2) is 59.1 Å². The van der Waals surface area contributed by atoms with Gasteiger partial charge in [0.05, 0.1) is 22.7 Å². The molecule has 0 saturated carbocycles. The van der Waals surface area contributed by atoms with Gasteiger partial charge in [0.25, 0.3) is 0 Å². The van der Waals surface area contributed by atoms with E-state index in [0.29, 0.717) is 53.2 Å². The Hall–Kier alpha value is -4.71. The quantitative estimate of drug-likeness (QED) is 0.229. The van der Waals surface area contributed by atoms with Crippen molar-refractivity contribution in [2.45, 2.75) is 51.0 Å². The molecular weight excluding hydrogens is 580 g/mol. The van der Waals surface area contributed by atoms with Crippen LogP contribution in [0.4, 0.5) is 16.4 Å². The average Bonchev–Trinajstić information content (AvgIpc) is 2.97. The number of piperidine rings is 1. The molecular formula is C32H36N6O5S. The van der Waals surface area contributed by atoms with Gasteiger partial charge in [-0.1, -0.05) is 36.4 Å². The number of hydrogen-bond acceptors (Lipinski definition) is 9. The van der Waals surface area contributed by atoms with Crippen molar-refractivity contribution in [3.8, 4) is 22.9 Å². The fraction of sp³-hybridized carbons (Fsp3) is 0.312. The van der Waals surface area contributed by atoms with Crippen LogP contribution < -0.4 is 14.8 Å². The van der Waals surface area contributed by atoms with E-state index < -0.39 is 15.6 Å². The summed E-state index contributed by atoms with van der Waals surface area (Å²) in [6.45, 7) is 6.68. The first-order valence-electron chi connectivity index (χ1n) is 14.4. The molecule has 1 fully saturated rings. The highest BCUT2D eigenvalue weighted by Gasteiger charge is 2.28. The van der Waals surface area contributed by atoms with E-state index in [1.807, 2.05) is 32.9 Å². The molecule has 4 aromatic rings. The van der Waals surface area contributed by atoms with Crippen molar-refractivity contribution in [2.75, 3.05) is 23.1 Å². The van der Waals surface area contributed by atoms with Crippen molar-refractivity contribution in [2.24, 2.45) is 0 Å². The van der Waals surface area contributed by atoms with Crippen LogP contribution in [0.25, 0.3) is 11.3 Å². The van der Waals surface area contributed by atoms with Gasteiger partial charge in [0, 0.05) is 37.6 Å². The molecule has 0 unspecified atom stereocenters. The first-order valence-corrected chi connectivity index (χ1v) is 16.0. The summed E-state index contributed by atoms with van der Waals surface area (Å²) in [6.07, 6.45) is 4.62. The van der Waals surface area contributed by atoms with Crippen LogP contribution in [0.1, 0.15) is 39.2 Å². The molecule has 2 aromatic carbocycles. The first kappa shape index (κ1) is 30.7. The number of amides is 1. The normalized spacial score (nSPS) is 15.3. The Morgan fingerprint density at radius 3 is 2.61 bits per heavy atom. The van der Waals surface area contributed by atoms with E-state index in [0.717, 1.165) is 12.8 Å². The Labute approximate surface area is 257 Å². The zero-order valence-electron chi connectivity index (χ0n) is 24.9. The maximum atomic E-state index is 12.7. The molecule has 5 rings (SSSR count). The number of nitrogens with zero attached hydrogens (tertiary/aromatic N) is 4. The van der Waals surface area contributed by atoms with Crippen molar-refractivity contribution >= 4 is 27.8 Å². The summed E-state index contributed by atoms with van der Waals surface area (Å²) in [7, 11) is -3.64. The Balaban J connectivity index is 1.28. The zero-order chi connectivity index (χ0) is 31.2. The summed E-state index contributed by atoms with van der Waals surface area (Å²) < 4.78 is 39.8. The molecule has 1 saturated heterocycles. The standard InChI is InChI=1S/C32H36N6O5S/c1-32(2,3)43-31(39)38-19-9-13-25(21-38)35-30-34-18-16-28(36-30)27-15-8-17-33-29(27)42-26-14-7-12-24(20-26)37-44(40,41)22-23-10-5-4-6-11-23/h4-8,10-12,14-18,20,25,37H,9,13,19,21-22H2,1-3H3,(H,34,35,36)/t25-/m0/s1. The predicted molar refractivity (Wildman–Crippen MR) is 169 cm³/mol. The van der Waals surface area contributed by atoms with Crippen LogP contribution in [-0.2, 0) is 20.5 Å². The molecule has 2 aromatic heterocycles. The molecule has 230 valence electrons. The van der Waals surface area contributed by atoms with Crippen LogP contribution >= 0.6 is 0 Å². The average molecular weight is 617 g/mol. The highest BCUT2D eigenvalue weighted by molar-refractivity contribution is 7.91. The van der Waals surface area contributed by atoms with Crippen molar-refractivity contribution < 1.29 is 22.7 Å². The minimum Gasteiger partial charge on any atom is -0.444 e. The number of ether oxygens (including phenoxy) is 2. The third-order valence-corrected chi connectivity index (χ3v) is 7.89. The lowest BCUT2D eigenvalue weighted by Crippen LogP contribution is -2.47. The van der Waals surface area contributed by atoms with Gasteiger partial charge in [0.1, 0.15) is 11.4 Å². The van der Waals surface area contributed by atoms with Crippen molar-refractivity contribution in [3.63, 3.8) is 0 Å². The number of anilines is 2. The number of benzene rings is 2. The summed E-state index contributed by atoms with van der Waals surface area (Å²) >= 11 is 0. The van der Waals surface area contributed by atoms with Gasteiger partial charge in [0.2, 0.25) is 21.9 Å². The molecule has 0 radical (unpaired) electrons. The number of likely N-dealkylation sites (tertiary alicyclic amines) is 1. The second kappa shape index (κ2) is 13.3. The summed E-state index contributed by atoms with van der Waals surface area (Å²) in [5.41, 5.74) is 1.72. The Kier molecular flexibility index (Phi) is 9.29. The second-order valence-electron chi connectivity index (χ2n) is 11.5. The van der Waals surface area contributed by atoms with Crippen LogP contribution in [0.15, 0.2) is 85.2 Å². The smallest absolute Gasteiger partial charge is 0.410 e. The van der Waals surface area contributed by atoms with Crippen LogP contribution in [0.5, 0.6) is 11.6 Å².